The molecule has 0 bridgehead atoms. The first-order valence-electron chi connectivity index (χ1n) is 6.94. The van der Waals surface area contributed by atoms with Gasteiger partial charge in [0.1, 0.15) is 6.61 Å². The normalized spacial score (nSPS) is 29.1. The van der Waals surface area contributed by atoms with Crippen LogP contribution in [0.4, 0.5) is 4.79 Å². The predicted molar refractivity (Wildman–Crippen MR) is 72.0 cm³/mol. The van der Waals surface area contributed by atoms with Gasteiger partial charge in [0.2, 0.25) is 0 Å². The van der Waals surface area contributed by atoms with E-state index in [0.717, 1.165) is 5.56 Å². The number of hydrogen-bond acceptors (Lipinski definition) is 4. The molecule has 20 heavy (non-hydrogen) atoms. The summed E-state index contributed by atoms with van der Waals surface area (Å²) in [6.45, 7) is 3.92. The SMILES string of the molecule is C[C@H]1COC2(CCN(C(=O)OCc3ccccc3)C2)O1. The maximum absolute atomic E-state index is 12.0. The fraction of sp³-hybridized carbons (Fsp3) is 0.533. The number of carbonyl (C=O) groups excluding carboxylic acids is 1. The Morgan fingerprint density at radius 1 is 1.45 bits per heavy atom. The summed E-state index contributed by atoms with van der Waals surface area (Å²) in [4.78, 5) is 13.7. The highest BCUT2D eigenvalue weighted by molar-refractivity contribution is 5.68. The van der Waals surface area contributed by atoms with Crippen molar-refractivity contribution in [2.45, 2.75) is 31.8 Å². The molecule has 0 radical (unpaired) electrons. The van der Waals surface area contributed by atoms with Crippen molar-refractivity contribution in [3.63, 3.8) is 0 Å². The third-order valence-electron chi connectivity index (χ3n) is 3.65. The van der Waals surface area contributed by atoms with Gasteiger partial charge in [-0.2, -0.15) is 0 Å². The molecule has 3 rings (SSSR count). The average Bonchev–Trinajstić information content (AvgIpc) is 3.04. The minimum Gasteiger partial charge on any atom is -0.445 e. The molecular formula is C15H19NO4. The Morgan fingerprint density at radius 3 is 2.95 bits per heavy atom. The van der Waals surface area contributed by atoms with E-state index in [2.05, 4.69) is 0 Å². The first-order chi connectivity index (χ1) is 9.67. The van der Waals surface area contributed by atoms with Crippen LogP contribution in [0.1, 0.15) is 18.9 Å². The van der Waals surface area contributed by atoms with E-state index in [4.69, 9.17) is 14.2 Å². The van der Waals surface area contributed by atoms with Crippen LogP contribution in [-0.4, -0.2) is 42.6 Å². The van der Waals surface area contributed by atoms with E-state index in [0.29, 0.717) is 32.7 Å². The number of rotatable bonds is 2. The molecule has 2 saturated heterocycles. The molecule has 5 heteroatoms. The fourth-order valence-corrected chi connectivity index (χ4v) is 2.64. The molecule has 0 aliphatic carbocycles. The van der Waals surface area contributed by atoms with Gasteiger partial charge in [0.05, 0.1) is 19.3 Å². The molecule has 0 N–H and O–H groups in total. The minimum absolute atomic E-state index is 0.0929. The molecule has 0 saturated carbocycles. The van der Waals surface area contributed by atoms with Gasteiger partial charge in [-0.1, -0.05) is 30.3 Å². The number of benzene rings is 1. The lowest BCUT2D eigenvalue weighted by atomic mass is 10.2. The maximum Gasteiger partial charge on any atom is 0.410 e. The van der Waals surface area contributed by atoms with E-state index in [-0.39, 0.29) is 12.2 Å². The molecule has 2 heterocycles. The van der Waals surface area contributed by atoms with Gasteiger partial charge in [-0.25, -0.2) is 4.79 Å². The third-order valence-corrected chi connectivity index (χ3v) is 3.65. The lowest BCUT2D eigenvalue weighted by Crippen LogP contribution is -2.37. The second kappa shape index (κ2) is 5.42. The number of carbonyl (C=O) groups is 1. The molecule has 1 aromatic carbocycles. The molecule has 2 fully saturated rings. The summed E-state index contributed by atoms with van der Waals surface area (Å²) in [5, 5.41) is 0. The van der Waals surface area contributed by atoms with Crippen molar-refractivity contribution in [1.29, 1.82) is 0 Å². The van der Waals surface area contributed by atoms with E-state index in [1.54, 1.807) is 4.90 Å². The summed E-state index contributed by atoms with van der Waals surface area (Å²) in [7, 11) is 0. The van der Waals surface area contributed by atoms with Crippen molar-refractivity contribution in [1.82, 2.24) is 4.90 Å². The van der Waals surface area contributed by atoms with Crippen LogP contribution < -0.4 is 0 Å². The number of hydrogen-bond donors (Lipinski definition) is 0. The highest BCUT2D eigenvalue weighted by Gasteiger charge is 2.47. The molecule has 5 nitrogen and oxygen atoms in total. The van der Waals surface area contributed by atoms with Gasteiger partial charge < -0.3 is 19.1 Å². The van der Waals surface area contributed by atoms with Crippen LogP contribution in [0, 0.1) is 0 Å². The van der Waals surface area contributed by atoms with Crippen molar-refractivity contribution in [2.75, 3.05) is 19.7 Å². The topological polar surface area (TPSA) is 48.0 Å². The highest BCUT2D eigenvalue weighted by atomic mass is 16.7. The Hall–Kier alpha value is -1.59. The Morgan fingerprint density at radius 2 is 2.25 bits per heavy atom. The van der Waals surface area contributed by atoms with Crippen LogP contribution in [0.15, 0.2) is 30.3 Å². The monoisotopic (exact) mass is 277 g/mol. The van der Waals surface area contributed by atoms with Gasteiger partial charge in [0.25, 0.3) is 0 Å². The summed E-state index contributed by atoms with van der Waals surface area (Å²) < 4.78 is 16.8. The van der Waals surface area contributed by atoms with Crippen molar-refractivity contribution in [2.24, 2.45) is 0 Å². The van der Waals surface area contributed by atoms with Gasteiger partial charge in [-0.05, 0) is 12.5 Å². The van der Waals surface area contributed by atoms with Crippen LogP contribution in [0.5, 0.6) is 0 Å². The van der Waals surface area contributed by atoms with Crippen LogP contribution in [0.3, 0.4) is 0 Å². The largest absolute Gasteiger partial charge is 0.445 e. The van der Waals surface area contributed by atoms with Crippen LogP contribution in [-0.2, 0) is 20.8 Å². The molecule has 1 aromatic rings. The van der Waals surface area contributed by atoms with E-state index in [9.17, 15) is 4.79 Å². The molecule has 2 aliphatic heterocycles. The average molecular weight is 277 g/mol. The molecule has 1 unspecified atom stereocenters. The third kappa shape index (κ3) is 2.78. The first-order valence-corrected chi connectivity index (χ1v) is 6.94. The van der Waals surface area contributed by atoms with Gasteiger partial charge in [0.15, 0.2) is 5.79 Å². The van der Waals surface area contributed by atoms with E-state index in [1.165, 1.54) is 0 Å². The lowest BCUT2D eigenvalue weighted by molar-refractivity contribution is -0.154. The van der Waals surface area contributed by atoms with E-state index < -0.39 is 5.79 Å². The van der Waals surface area contributed by atoms with Crippen LogP contribution in [0.25, 0.3) is 0 Å². The molecule has 0 aromatic heterocycles. The Bertz CT molecular complexity index is 478. The van der Waals surface area contributed by atoms with Gasteiger partial charge >= 0.3 is 6.09 Å². The summed E-state index contributed by atoms with van der Waals surface area (Å²) in [6.07, 6.45) is 0.491. The number of nitrogens with zero attached hydrogens (tertiary/aromatic N) is 1. The number of amides is 1. The summed E-state index contributed by atoms with van der Waals surface area (Å²) in [6, 6.07) is 9.66. The van der Waals surface area contributed by atoms with Crippen LogP contribution >= 0.6 is 0 Å². The zero-order chi connectivity index (χ0) is 14.0. The molecule has 1 spiro atoms. The minimum atomic E-state index is -0.606. The summed E-state index contributed by atoms with van der Waals surface area (Å²) in [5.41, 5.74) is 0.983. The predicted octanol–water partition coefficient (Wildman–Crippen LogP) is 2.16. The highest BCUT2D eigenvalue weighted by Crippen LogP contribution is 2.33. The second-order valence-corrected chi connectivity index (χ2v) is 5.36. The Kier molecular flexibility index (Phi) is 3.63. The van der Waals surface area contributed by atoms with E-state index >= 15 is 0 Å². The Balaban J connectivity index is 1.52. The van der Waals surface area contributed by atoms with Crippen molar-refractivity contribution in [3.8, 4) is 0 Å². The molecule has 1 amide bonds. The molecule has 2 atom stereocenters. The fourth-order valence-electron chi connectivity index (χ4n) is 2.64. The lowest BCUT2D eigenvalue weighted by Gasteiger charge is -2.22. The van der Waals surface area contributed by atoms with Crippen molar-refractivity contribution in [3.05, 3.63) is 35.9 Å². The Labute approximate surface area is 118 Å². The number of ether oxygens (including phenoxy) is 3. The zero-order valence-corrected chi connectivity index (χ0v) is 11.6. The van der Waals surface area contributed by atoms with Gasteiger partial charge in [-0.3, -0.25) is 0 Å². The van der Waals surface area contributed by atoms with Gasteiger partial charge in [0, 0.05) is 13.0 Å². The first kappa shape index (κ1) is 13.4. The molecule has 108 valence electrons. The second-order valence-electron chi connectivity index (χ2n) is 5.36. The quantitative estimate of drug-likeness (QED) is 0.831. The summed E-state index contributed by atoms with van der Waals surface area (Å²) in [5.74, 6) is -0.606. The standard InChI is InChI=1S/C15H19NO4/c1-12-9-19-15(20-12)7-8-16(11-15)14(17)18-10-13-5-3-2-4-6-13/h2-6,12H,7-11H2,1H3/t12-,15?/m0/s1. The molecule has 2 aliphatic rings. The zero-order valence-electron chi connectivity index (χ0n) is 11.6. The van der Waals surface area contributed by atoms with Crippen molar-refractivity contribution >= 4 is 6.09 Å². The smallest absolute Gasteiger partial charge is 0.410 e. The summed E-state index contributed by atoms with van der Waals surface area (Å²) >= 11 is 0. The number of likely N-dealkylation sites (tertiary alicyclic amines) is 1. The molecular weight excluding hydrogens is 258 g/mol. The maximum atomic E-state index is 12.0. The van der Waals surface area contributed by atoms with E-state index in [1.807, 2.05) is 37.3 Å². The van der Waals surface area contributed by atoms with Gasteiger partial charge in [-0.15, -0.1) is 0 Å². The van der Waals surface area contributed by atoms with Crippen molar-refractivity contribution < 1.29 is 19.0 Å². The van der Waals surface area contributed by atoms with Crippen LogP contribution in [0.2, 0.25) is 0 Å².